The van der Waals surface area contributed by atoms with E-state index in [0.717, 1.165) is 42.9 Å². The number of aromatic nitrogens is 2. The van der Waals surface area contributed by atoms with Gasteiger partial charge in [-0.15, -0.1) is 12.4 Å². The monoisotopic (exact) mass is 362 g/mol. The Labute approximate surface area is 153 Å². The topological polar surface area (TPSA) is 76.1 Å². The molecule has 1 atom stereocenters. The highest BCUT2D eigenvalue weighted by atomic mass is 35.5. The van der Waals surface area contributed by atoms with Crippen molar-refractivity contribution in [3.63, 3.8) is 0 Å². The molecule has 1 aliphatic heterocycles. The van der Waals surface area contributed by atoms with Crippen molar-refractivity contribution in [1.82, 2.24) is 15.3 Å². The van der Waals surface area contributed by atoms with Crippen molar-refractivity contribution in [1.29, 1.82) is 0 Å². The average molecular weight is 363 g/mol. The second-order valence-corrected chi connectivity index (χ2v) is 6.09. The van der Waals surface area contributed by atoms with Crippen LogP contribution >= 0.6 is 12.4 Å². The Balaban J connectivity index is 0.00000225. The summed E-state index contributed by atoms with van der Waals surface area (Å²) in [5.74, 6) is 1.67. The summed E-state index contributed by atoms with van der Waals surface area (Å²) in [6.45, 7) is 3.92. The summed E-state index contributed by atoms with van der Waals surface area (Å²) in [7, 11) is 1.66. The van der Waals surface area contributed by atoms with E-state index in [4.69, 9.17) is 4.74 Å². The fourth-order valence-corrected chi connectivity index (χ4v) is 2.92. The molecule has 0 radical (unpaired) electrons. The minimum Gasteiger partial charge on any atom is -0.496 e. The number of aryl methyl sites for hydroxylation is 1. The van der Waals surface area contributed by atoms with Crippen molar-refractivity contribution in [3.8, 4) is 5.75 Å². The molecule has 0 bridgehead atoms. The maximum atomic E-state index is 12.5. The first-order valence-corrected chi connectivity index (χ1v) is 8.13. The van der Waals surface area contributed by atoms with Crippen LogP contribution in [0.3, 0.4) is 0 Å². The van der Waals surface area contributed by atoms with Gasteiger partial charge in [-0.2, -0.15) is 0 Å². The molecule has 3 rings (SSSR count). The van der Waals surface area contributed by atoms with Gasteiger partial charge in [0.15, 0.2) is 5.82 Å². The van der Waals surface area contributed by atoms with Gasteiger partial charge in [0.25, 0.3) is 5.91 Å². The van der Waals surface area contributed by atoms with Crippen LogP contribution in [0.5, 0.6) is 5.75 Å². The third-order valence-corrected chi connectivity index (χ3v) is 4.24. The Morgan fingerprint density at radius 1 is 1.36 bits per heavy atom. The molecule has 0 aliphatic carbocycles. The summed E-state index contributed by atoms with van der Waals surface area (Å²) >= 11 is 0. The van der Waals surface area contributed by atoms with E-state index in [9.17, 15) is 4.79 Å². The second-order valence-electron chi connectivity index (χ2n) is 6.09. The number of halogens is 1. The number of hydrogen-bond acceptors (Lipinski definition) is 5. The molecule has 1 saturated heterocycles. The molecule has 1 fully saturated rings. The smallest absolute Gasteiger partial charge is 0.256 e. The third-order valence-electron chi connectivity index (χ3n) is 4.24. The molecule has 1 aromatic carbocycles. The van der Waals surface area contributed by atoms with Crippen molar-refractivity contribution >= 4 is 24.1 Å². The molecule has 6 nitrogen and oxygen atoms in total. The lowest BCUT2D eigenvalue weighted by Gasteiger charge is -2.14. The van der Waals surface area contributed by atoms with Crippen LogP contribution in [0.1, 0.15) is 28.0 Å². The summed E-state index contributed by atoms with van der Waals surface area (Å²) in [5.41, 5.74) is 2.47. The Hall–Kier alpha value is -2.18. The number of methoxy groups -OCH3 is 1. The SMILES string of the molecule is COc1ccc(C(=O)Nc2cnc(C)cn2)cc1CC1CCNC1.Cl. The molecule has 0 spiro atoms. The normalized spacial score (nSPS) is 16.2. The molecule has 1 aliphatic rings. The van der Waals surface area contributed by atoms with E-state index in [0.29, 0.717) is 17.3 Å². The van der Waals surface area contributed by atoms with Crippen LogP contribution in [0, 0.1) is 12.8 Å². The van der Waals surface area contributed by atoms with Crippen molar-refractivity contribution < 1.29 is 9.53 Å². The van der Waals surface area contributed by atoms with Gasteiger partial charge in [0.2, 0.25) is 0 Å². The predicted octanol–water partition coefficient (Wildman–Crippen LogP) is 2.62. The van der Waals surface area contributed by atoms with Crippen LogP contribution in [0.25, 0.3) is 0 Å². The molecule has 1 amide bonds. The van der Waals surface area contributed by atoms with Crippen LogP contribution in [0.15, 0.2) is 30.6 Å². The average Bonchev–Trinajstić information content (AvgIpc) is 3.10. The first-order valence-electron chi connectivity index (χ1n) is 8.13. The number of ether oxygens (including phenoxy) is 1. The number of hydrogen-bond donors (Lipinski definition) is 2. The first kappa shape index (κ1) is 19.1. The number of nitrogens with zero attached hydrogens (tertiary/aromatic N) is 2. The van der Waals surface area contributed by atoms with Gasteiger partial charge in [0, 0.05) is 5.56 Å². The quantitative estimate of drug-likeness (QED) is 0.855. The number of anilines is 1. The molecule has 7 heteroatoms. The summed E-state index contributed by atoms with van der Waals surface area (Å²) in [6.07, 6.45) is 5.24. The van der Waals surface area contributed by atoms with Gasteiger partial charge in [-0.25, -0.2) is 4.98 Å². The Morgan fingerprint density at radius 2 is 2.20 bits per heavy atom. The number of rotatable bonds is 5. The zero-order chi connectivity index (χ0) is 16.9. The lowest BCUT2D eigenvalue weighted by atomic mass is 9.96. The zero-order valence-electron chi connectivity index (χ0n) is 14.4. The predicted molar refractivity (Wildman–Crippen MR) is 99.6 cm³/mol. The zero-order valence-corrected chi connectivity index (χ0v) is 15.2. The Morgan fingerprint density at radius 3 is 2.84 bits per heavy atom. The number of amides is 1. The van der Waals surface area contributed by atoms with E-state index in [-0.39, 0.29) is 18.3 Å². The minimum atomic E-state index is -0.193. The van der Waals surface area contributed by atoms with Crippen LogP contribution < -0.4 is 15.4 Å². The minimum absolute atomic E-state index is 0. The van der Waals surface area contributed by atoms with E-state index < -0.39 is 0 Å². The Kier molecular flexibility index (Phi) is 6.73. The van der Waals surface area contributed by atoms with Crippen LogP contribution in [0.2, 0.25) is 0 Å². The summed E-state index contributed by atoms with van der Waals surface area (Å²) in [4.78, 5) is 20.7. The second kappa shape index (κ2) is 8.78. The molecule has 2 heterocycles. The van der Waals surface area contributed by atoms with E-state index in [1.807, 2.05) is 19.1 Å². The van der Waals surface area contributed by atoms with Crippen LogP contribution in [0.4, 0.5) is 5.82 Å². The van der Waals surface area contributed by atoms with Gasteiger partial charge >= 0.3 is 0 Å². The lowest BCUT2D eigenvalue weighted by Crippen LogP contribution is -2.15. The molecule has 1 unspecified atom stereocenters. The highest BCUT2D eigenvalue weighted by Gasteiger charge is 2.18. The molecular weight excluding hydrogens is 340 g/mol. The summed E-state index contributed by atoms with van der Waals surface area (Å²) in [5, 5.41) is 6.15. The van der Waals surface area contributed by atoms with Crippen molar-refractivity contribution in [2.45, 2.75) is 19.8 Å². The molecule has 2 N–H and O–H groups in total. The fraction of sp³-hybridized carbons (Fsp3) is 0.389. The van der Waals surface area contributed by atoms with Crippen LogP contribution in [-0.2, 0) is 6.42 Å². The molecule has 2 aromatic rings. The first-order chi connectivity index (χ1) is 11.7. The van der Waals surface area contributed by atoms with Crippen molar-refractivity contribution in [2.24, 2.45) is 5.92 Å². The van der Waals surface area contributed by atoms with Crippen molar-refractivity contribution in [3.05, 3.63) is 47.4 Å². The summed E-state index contributed by atoms with van der Waals surface area (Å²) in [6, 6.07) is 5.54. The molecule has 25 heavy (non-hydrogen) atoms. The van der Waals surface area contributed by atoms with Gasteiger partial charge < -0.3 is 15.4 Å². The number of nitrogens with one attached hydrogen (secondary N) is 2. The molecule has 0 saturated carbocycles. The van der Waals surface area contributed by atoms with Crippen LogP contribution in [-0.4, -0.2) is 36.1 Å². The standard InChI is InChI=1S/C18H22N4O2.ClH/c1-12-9-21-17(11-20-12)22-18(23)14-3-4-16(24-2)15(8-14)7-13-5-6-19-10-13;/h3-4,8-9,11,13,19H,5-7,10H2,1-2H3,(H,21,22,23);1H. The number of carbonyl (C=O) groups is 1. The molecule has 1 aromatic heterocycles. The highest BCUT2D eigenvalue weighted by Crippen LogP contribution is 2.25. The largest absolute Gasteiger partial charge is 0.496 e. The highest BCUT2D eigenvalue weighted by molar-refractivity contribution is 6.03. The van der Waals surface area contributed by atoms with E-state index >= 15 is 0 Å². The van der Waals surface area contributed by atoms with E-state index in [2.05, 4.69) is 20.6 Å². The fourth-order valence-electron chi connectivity index (χ4n) is 2.92. The maximum absolute atomic E-state index is 12.5. The van der Waals surface area contributed by atoms with E-state index in [1.165, 1.54) is 0 Å². The lowest BCUT2D eigenvalue weighted by molar-refractivity contribution is 0.102. The third kappa shape index (κ3) is 4.90. The summed E-state index contributed by atoms with van der Waals surface area (Å²) < 4.78 is 5.45. The van der Waals surface area contributed by atoms with Crippen molar-refractivity contribution in [2.75, 3.05) is 25.5 Å². The molecular formula is C18H23ClN4O2. The van der Waals surface area contributed by atoms with Gasteiger partial charge in [-0.3, -0.25) is 9.78 Å². The van der Waals surface area contributed by atoms with Gasteiger partial charge in [-0.05, 0) is 62.5 Å². The van der Waals surface area contributed by atoms with E-state index in [1.54, 1.807) is 25.6 Å². The van der Waals surface area contributed by atoms with Gasteiger partial charge in [0.1, 0.15) is 5.75 Å². The maximum Gasteiger partial charge on any atom is 0.256 e. The van der Waals surface area contributed by atoms with Gasteiger partial charge in [0.05, 0.1) is 25.2 Å². The Bertz CT molecular complexity index is 716. The molecule has 134 valence electrons. The number of benzene rings is 1. The van der Waals surface area contributed by atoms with Gasteiger partial charge in [-0.1, -0.05) is 0 Å². The number of carbonyl (C=O) groups excluding carboxylic acids is 1.